The number of fused-ring (bicyclic) bond motifs is 1. The Morgan fingerprint density at radius 3 is 2.86 bits per heavy atom. The topological polar surface area (TPSA) is 37.4 Å². The van der Waals surface area contributed by atoms with Gasteiger partial charge in [0.25, 0.3) is 0 Å². The molecule has 0 radical (unpaired) electrons. The second-order valence-electron chi connectivity index (χ2n) is 5.80. The van der Waals surface area contributed by atoms with Crippen LogP contribution in [-0.2, 0) is 16.1 Å². The molecule has 1 aromatic heterocycles. The first-order valence-electron chi connectivity index (χ1n) is 7.08. The van der Waals surface area contributed by atoms with Crippen molar-refractivity contribution in [3.05, 3.63) is 35.2 Å². The van der Waals surface area contributed by atoms with Gasteiger partial charge in [-0.3, -0.25) is 14.5 Å². The molecule has 0 N–H and O–H groups in total. The average Bonchev–Trinajstić information content (AvgIpc) is 3.14. The van der Waals surface area contributed by atoms with E-state index in [1.165, 1.54) is 15.0 Å². The first kappa shape index (κ1) is 13.3. The van der Waals surface area contributed by atoms with E-state index in [2.05, 4.69) is 18.2 Å². The maximum Gasteiger partial charge on any atom is 0.237 e. The molecule has 1 spiro atoms. The van der Waals surface area contributed by atoms with Crippen LogP contribution in [0.1, 0.15) is 17.7 Å². The maximum atomic E-state index is 12.7. The van der Waals surface area contributed by atoms with Gasteiger partial charge in [0, 0.05) is 21.8 Å². The van der Waals surface area contributed by atoms with Gasteiger partial charge in [0.15, 0.2) is 0 Å². The van der Waals surface area contributed by atoms with Gasteiger partial charge in [-0.15, -0.1) is 11.3 Å². The van der Waals surface area contributed by atoms with Gasteiger partial charge < -0.3 is 0 Å². The highest BCUT2D eigenvalue weighted by atomic mass is 32.2. The Bertz CT molecular complexity index is 698. The van der Waals surface area contributed by atoms with Crippen LogP contribution >= 0.6 is 23.1 Å². The summed E-state index contributed by atoms with van der Waals surface area (Å²) in [5.41, 5.74) is -0.390. The zero-order valence-electron chi connectivity index (χ0n) is 11.5. The first-order chi connectivity index (χ1) is 10.2. The molecule has 0 bridgehead atoms. The van der Waals surface area contributed by atoms with E-state index in [-0.39, 0.29) is 11.8 Å². The highest BCUT2D eigenvalue weighted by molar-refractivity contribution is 7.99. The van der Waals surface area contributed by atoms with Crippen LogP contribution in [0.15, 0.2) is 30.3 Å². The SMILES string of the molecule is O=C1C[C@@]2(CCSC2)C(=O)N1Cc1cc2ccccc2s1. The molecule has 3 nitrogen and oxygen atoms in total. The van der Waals surface area contributed by atoms with Crippen LogP contribution in [0.25, 0.3) is 10.1 Å². The van der Waals surface area contributed by atoms with Gasteiger partial charge >= 0.3 is 0 Å². The number of nitrogens with zero attached hydrogens (tertiary/aromatic N) is 1. The molecule has 0 saturated carbocycles. The quantitative estimate of drug-likeness (QED) is 0.798. The van der Waals surface area contributed by atoms with E-state index in [0.29, 0.717) is 13.0 Å². The standard InChI is InChI=1S/C16H15NO2S2/c18-14-8-16(5-6-20-10-16)15(19)17(14)9-12-7-11-3-1-2-4-13(11)21-12/h1-4,7H,5-6,8-10H2/t16-/m1/s1. The van der Waals surface area contributed by atoms with Gasteiger partial charge in [0.2, 0.25) is 11.8 Å². The fourth-order valence-electron chi connectivity index (χ4n) is 3.21. The maximum absolute atomic E-state index is 12.7. The van der Waals surface area contributed by atoms with Gasteiger partial charge in [0.1, 0.15) is 0 Å². The molecule has 0 aliphatic carbocycles. The summed E-state index contributed by atoms with van der Waals surface area (Å²) in [6.45, 7) is 0.434. The molecular weight excluding hydrogens is 302 g/mol. The molecule has 0 unspecified atom stereocenters. The molecule has 108 valence electrons. The summed E-state index contributed by atoms with van der Waals surface area (Å²) in [7, 11) is 0. The molecule has 2 aliphatic heterocycles. The number of benzene rings is 1. The molecular formula is C16H15NO2S2. The van der Waals surface area contributed by atoms with Crippen molar-refractivity contribution in [2.45, 2.75) is 19.4 Å². The third-order valence-electron chi connectivity index (χ3n) is 4.38. The number of hydrogen-bond donors (Lipinski definition) is 0. The molecule has 21 heavy (non-hydrogen) atoms. The second-order valence-corrected chi connectivity index (χ2v) is 8.07. The van der Waals surface area contributed by atoms with Crippen molar-refractivity contribution in [2.75, 3.05) is 11.5 Å². The lowest BCUT2D eigenvalue weighted by atomic mass is 9.86. The van der Waals surface area contributed by atoms with Gasteiger partial charge in [-0.1, -0.05) is 18.2 Å². The van der Waals surface area contributed by atoms with Crippen molar-refractivity contribution >= 4 is 45.0 Å². The van der Waals surface area contributed by atoms with E-state index >= 15 is 0 Å². The molecule has 2 aromatic rings. The molecule has 1 atom stereocenters. The second kappa shape index (κ2) is 4.85. The molecule has 4 rings (SSSR count). The zero-order chi connectivity index (χ0) is 14.4. The number of likely N-dealkylation sites (tertiary alicyclic amines) is 1. The van der Waals surface area contributed by atoms with Crippen molar-refractivity contribution in [3.8, 4) is 0 Å². The first-order valence-corrected chi connectivity index (χ1v) is 9.05. The Morgan fingerprint density at radius 2 is 2.10 bits per heavy atom. The molecule has 3 heterocycles. The normalized spacial score (nSPS) is 25.6. The minimum absolute atomic E-state index is 0.0000406. The molecule has 2 amide bonds. The fraction of sp³-hybridized carbons (Fsp3) is 0.375. The smallest absolute Gasteiger partial charge is 0.237 e. The third-order valence-corrected chi connectivity index (χ3v) is 6.73. The lowest BCUT2D eigenvalue weighted by Crippen LogP contribution is -2.35. The van der Waals surface area contributed by atoms with Crippen LogP contribution in [-0.4, -0.2) is 28.2 Å². The summed E-state index contributed by atoms with van der Waals surface area (Å²) in [5, 5.41) is 1.18. The minimum Gasteiger partial charge on any atom is -0.277 e. The summed E-state index contributed by atoms with van der Waals surface area (Å²) < 4.78 is 1.21. The number of thiophene rings is 1. The van der Waals surface area contributed by atoms with Crippen LogP contribution in [0.2, 0.25) is 0 Å². The zero-order valence-corrected chi connectivity index (χ0v) is 13.1. The number of hydrogen-bond acceptors (Lipinski definition) is 4. The monoisotopic (exact) mass is 317 g/mol. The Kier molecular flexibility index (Phi) is 3.08. The number of amides is 2. The van der Waals surface area contributed by atoms with Crippen molar-refractivity contribution in [2.24, 2.45) is 5.41 Å². The van der Waals surface area contributed by atoms with Gasteiger partial charge in [-0.25, -0.2) is 0 Å². The minimum atomic E-state index is -0.390. The van der Waals surface area contributed by atoms with Crippen molar-refractivity contribution in [1.82, 2.24) is 4.90 Å². The average molecular weight is 317 g/mol. The highest BCUT2D eigenvalue weighted by Crippen LogP contribution is 2.45. The van der Waals surface area contributed by atoms with E-state index in [1.807, 2.05) is 12.1 Å². The number of carbonyl (C=O) groups is 2. The van der Waals surface area contributed by atoms with Crippen LogP contribution in [0.5, 0.6) is 0 Å². The lowest BCUT2D eigenvalue weighted by Gasteiger charge is -2.19. The van der Waals surface area contributed by atoms with Gasteiger partial charge in [0.05, 0.1) is 12.0 Å². The summed E-state index contributed by atoms with van der Waals surface area (Å²) in [4.78, 5) is 27.5. The Morgan fingerprint density at radius 1 is 1.24 bits per heavy atom. The number of imide groups is 1. The summed E-state index contributed by atoms with van der Waals surface area (Å²) >= 11 is 3.46. The Balaban J connectivity index is 1.61. The molecule has 2 aliphatic rings. The molecule has 5 heteroatoms. The van der Waals surface area contributed by atoms with E-state index in [1.54, 1.807) is 23.1 Å². The van der Waals surface area contributed by atoms with Gasteiger partial charge in [-0.2, -0.15) is 11.8 Å². The fourth-order valence-corrected chi connectivity index (χ4v) is 5.70. The van der Waals surface area contributed by atoms with Crippen LogP contribution in [0.4, 0.5) is 0 Å². The summed E-state index contributed by atoms with van der Waals surface area (Å²) in [6.07, 6.45) is 1.26. The lowest BCUT2D eigenvalue weighted by molar-refractivity contribution is -0.141. The van der Waals surface area contributed by atoms with Crippen LogP contribution < -0.4 is 0 Å². The predicted molar refractivity (Wildman–Crippen MR) is 86.4 cm³/mol. The number of rotatable bonds is 2. The Hall–Kier alpha value is -1.33. The van der Waals surface area contributed by atoms with Crippen molar-refractivity contribution in [1.29, 1.82) is 0 Å². The Labute approximate surface area is 131 Å². The van der Waals surface area contributed by atoms with Crippen LogP contribution in [0.3, 0.4) is 0 Å². The number of thioether (sulfide) groups is 1. The van der Waals surface area contributed by atoms with Gasteiger partial charge in [-0.05, 0) is 29.7 Å². The van der Waals surface area contributed by atoms with Crippen molar-refractivity contribution < 1.29 is 9.59 Å². The number of carbonyl (C=O) groups excluding carboxylic acids is 2. The summed E-state index contributed by atoms with van der Waals surface area (Å²) in [5.74, 6) is 1.85. The highest BCUT2D eigenvalue weighted by Gasteiger charge is 2.52. The van der Waals surface area contributed by atoms with E-state index < -0.39 is 5.41 Å². The van der Waals surface area contributed by atoms with E-state index in [4.69, 9.17) is 0 Å². The third kappa shape index (κ3) is 2.10. The molecule has 1 aromatic carbocycles. The van der Waals surface area contributed by atoms with Crippen molar-refractivity contribution in [3.63, 3.8) is 0 Å². The van der Waals surface area contributed by atoms with E-state index in [0.717, 1.165) is 22.8 Å². The molecule has 2 saturated heterocycles. The van der Waals surface area contributed by atoms with E-state index in [9.17, 15) is 9.59 Å². The van der Waals surface area contributed by atoms with Crippen LogP contribution in [0, 0.1) is 5.41 Å². The largest absolute Gasteiger partial charge is 0.277 e. The molecule has 2 fully saturated rings. The predicted octanol–water partition coefficient (Wildman–Crippen LogP) is 3.28. The summed E-state index contributed by atoms with van der Waals surface area (Å²) in [6, 6.07) is 10.3.